The molecule has 26 heavy (non-hydrogen) atoms. The summed E-state index contributed by atoms with van der Waals surface area (Å²) >= 11 is 1.59. The van der Waals surface area contributed by atoms with E-state index >= 15 is 0 Å². The molecule has 2 aromatic carbocycles. The Morgan fingerprint density at radius 3 is 2.54 bits per heavy atom. The summed E-state index contributed by atoms with van der Waals surface area (Å²) in [6, 6.07) is 14.9. The van der Waals surface area contributed by atoms with E-state index in [0.29, 0.717) is 0 Å². The van der Waals surface area contributed by atoms with E-state index in [0.717, 1.165) is 28.1 Å². The molecule has 1 aromatic heterocycles. The van der Waals surface area contributed by atoms with Gasteiger partial charge in [-0.2, -0.15) is 0 Å². The molecule has 134 valence electrons. The summed E-state index contributed by atoms with van der Waals surface area (Å²) < 4.78 is 26.6. The molecule has 2 N–H and O–H groups in total. The molecule has 1 amide bonds. The zero-order valence-corrected chi connectivity index (χ0v) is 14.9. The van der Waals surface area contributed by atoms with E-state index in [9.17, 15) is 13.6 Å². The van der Waals surface area contributed by atoms with Crippen molar-refractivity contribution in [2.24, 2.45) is 0 Å². The quantitative estimate of drug-likeness (QED) is 0.661. The number of halogens is 2. The average molecular weight is 372 g/mol. The van der Waals surface area contributed by atoms with Crippen molar-refractivity contribution in [3.05, 3.63) is 87.6 Å². The molecule has 3 rings (SSSR count). The number of nitrogens with one attached hydrogen (secondary N) is 2. The van der Waals surface area contributed by atoms with Gasteiger partial charge >= 0.3 is 0 Å². The normalized spacial score (nSPS) is 12.0. The lowest BCUT2D eigenvalue weighted by molar-refractivity contribution is -0.115. The summed E-state index contributed by atoms with van der Waals surface area (Å²) in [6.07, 6.45) is 0. The van der Waals surface area contributed by atoms with Crippen molar-refractivity contribution < 1.29 is 13.6 Å². The Morgan fingerprint density at radius 2 is 1.88 bits per heavy atom. The predicted molar refractivity (Wildman–Crippen MR) is 100 cm³/mol. The Bertz CT molecular complexity index is 879. The standard InChI is InChI=1S/C20H18F2N2OS/c1-13-4-6-14(7-5-13)20(18-3-2-10-26-18)23-12-19(25)24-17-9-8-15(21)11-16(17)22/h2-11,20,23H,12H2,1H3,(H,24,25)/t20-/m1/s1. The maximum absolute atomic E-state index is 13.7. The van der Waals surface area contributed by atoms with E-state index in [4.69, 9.17) is 0 Å². The fraction of sp³-hybridized carbons (Fsp3) is 0.150. The van der Waals surface area contributed by atoms with Gasteiger partial charge in [0.25, 0.3) is 0 Å². The highest BCUT2D eigenvalue weighted by Gasteiger charge is 2.16. The molecule has 0 aliphatic heterocycles. The third-order valence-corrected chi connectivity index (χ3v) is 4.85. The number of benzene rings is 2. The first kappa shape index (κ1) is 18.2. The Hall–Kier alpha value is -2.57. The van der Waals surface area contributed by atoms with E-state index in [1.54, 1.807) is 11.3 Å². The highest BCUT2D eigenvalue weighted by Crippen LogP contribution is 2.26. The fourth-order valence-corrected chi connectivity index (χ4v) is 3.40. The minimum absolute atomic E-state index is 0.00669. The summed E-state index contributed by atoms with van der Waals surface area (Å²) in [6.45, 7) is 2.01. The van der Waals surface area contributed by atoms with Gasteiger partial charge in [-0.15, -0.1) is 11.3 Å². The second kappa shape index (κ2) is 8.21. The van der Waals surface area contributed by atoms with Gasteiger partial charge in [-0.3, -0.25) is 10.1 Å². The number of rotatable bonds is 6. The first-order valence-electron chi connectivity index (χ1n) is 8.11. The molecule has 3 aromatic rings. The molecular formula is C20H18F2N2OS. The lowest BCUT2D eigenvalue weighted by Gasteiger charge is -2.18. The Morgan fingerprint density at radius 1 is 1.12 bits per heavy atom. The van der Waals surface area contributed by atoms with Crippen LogP contribution >= 0.6 is 11.3 Å². The van der Waals surface area contributed by atoms with Gasteiger partial charge in [0.1, 0.15) is 11.6 Å². The van der Waals surface area contributed by atoms with Crippen molar-refractivity contribution in [2.75, 3.05) is 11.9 Å². The minimum atomic E-state index is -0.799. The number of hydrogen-bond acceptors (Lipinski definition) is 3. The smallest absolute Gasteiger partial charge is 0.238 e. The molecule has 0 radical (unpaired) electrons. The number of hydrogen-bond donors (Lipinski definition) is 2. The number of thiophene rings is 1. The van der Waals surface area contributed by atoms with Gasteiger partial charge in [0.2, 0.25) is 5.91 Å². The van der Waals surface area contributed by atoms with Crippen LogP contribution < -0.4 is 10.6 Å². The maximum atomic E-state index is 13.7. The van der Waals surface area contributed by atoms with Crippen molar-refractivity contribution in [3.8, 4) is 0 Å². The molecule has 1 atom stereocenters. The van der Waals surface area contributed by atoms with Crippen molar-refractivity contribution >= 4 is 22.9 Å². The molecule has 0 fully saturated rings. The third kappa shape index (κ3) is 4.53. The molecule has 1 heterocycles. The number of aryl methyl sites for hydroxylation is 1. The van der Waals surface area contributed by atoms with E-state index in [-0.39, 0.29) is 18.3 Å². The van der Waals surface area contributed by atoms with Crippen LogP contribution in [0, 0.1) is 18.6 Å². The van der Waals surface area contributed by atoms with Gasteiger partial charge in [0.05, 0.1) is 18.3 Å². The SMILES string of the molecule is Cc1ccc([C@@H](NCC(=O)Nc2ccc(F)cc2F)c2cccs2)cc1. The summed E-state index contributed by atoms with van der Waals surface area (Å²) in [5, 5.41) is 7.65. The zero-order chi connectivity index (χ0) is 18.5. The van der Waals surface area contributed by atoms with Crippen LogP contribution in [0.3, 0.4) is 0 Å². The molecule has 0 saturated carbocycles. The van der Waals surface area contributed by atoms with Crippen LogP contribution in [-0.2, 0) is 4.79 Å². The third-order valence-electron chi connectivity index (χ3n) is 3.91. The lowest BCUT2D eigenvalue weighted by atomic mass is 10.0. The monoisotopic (exact) mass is 372 g/mol. The largest absolute Gasteiger partial charge is 0.322 e. The second-order valence-electron chi connectivity index (χ2n) is 5.91. The molecule has 0 unspecified atom stereocenters. The van der Waals surface area contributed by atoms with Crippen LogP contribution in [0.15, 0.2) is 60.0 Å². The number of anilines is 1. The van der Waals surface area contributed by atoms with E-state index in [1.807, 2.05) is 48.7 Å². The van der Waals surface area contributed by atoms with Crippen LogP contribution in [0.25, 0.3) is 0 Å². The van der Waals surface area contributed by atoms with E-state index in [2.05, 4.69) is 10.6 Å². The Kier molecular flexibility index (Phi) is 5.75. The van der Waals surface area contributed by atoms with Crippen LogP contribution in [0.5, 0.6) is 0 Å². The summed E-state index contributed by atoms with van der Waals surface area (Å²) in [5.74, 6) is -1.88. The van der Waals surface area contributed by atoms with Crippen LogP contribution in [0.4, 0.5) is 14.5 Å². The fourth-order valence-electron chi connectivity index (χ4n) is 2.58. The van der Waals surface area contributed by atoms with Crippen molar-refractivity contribution in [1.29, 1.82) is 0 Å². The molecule has 0 saturated heterocycles. The summed E-state index contributed by atoms with van der Waals surface area (Å²) in [7, 11) is 0. The van der Waals surface area contributed by atoms with Gasteiger partial charge in [-0.05, 0) is 36.1 Å². The van der Waals surface area contributed by atoms with Crippen LogP contribution in [-0.4, -0.2) is 12.5 Å². The van der Waals surface area contributed by atoms with Crippen LogP contribution in [0.2, 0.25) is 0 Å². The van der Waals surface area contributed by atoms with Gasteiger partial charge in [-0.1, -0.05) is 35.9 Å². The van der Waals surface area contributed by atoms with Gasteiger partial charge < -0.3 is 5.32 Å². The van der Waals surface area contributed by atoms with Crippen molar-refractivity contribution in [3.63, 3.8) is 0 Å². The molecule has 3 nitrogen and oxygen atoms in total. The van der Waals surface area contributed by atoms with Gasteiger partial charge in [-0.25, -0.2) is 8.78 Å². The number of carbonyl (C=O) groups is 1. The maximum Gasteiger partial charge on any atom is 0.238 e. The highest BCUT2D eigenvalue weighted by atomic mass is 32.1. The van der Waals surface area contributed by atoms with Gasteiger partial charge in [0.15, 0.2) is 0 Å². The first-order valence-corrected chi connectivity index (χ1v) is 8.99. The molecule has 6 heteroatoms. The lowest BCUT2D eigenvalue weighted by Crippen LogP contribution is -2.31. The predicted octanol–water partition coefficient (Wildman–Crippen LogP) is 4.65. The Balaban J connectivity index is 1.69. The average Bonchev–Trinajstić information content (AvgIpc) is 3.13. The van der Waals surface area contributed by atoms with E-state index in [1.165, 1.54) is 6.07 Å². The molecule has 0 spiro atoms. The van der Waals surface area contributed by atoms with E-state index < -0.39 is 17.5 Å². The van der Waals surface area contributed by atoms with Crippen molar-refractivity contribution in [1.82, 2.24) is 5.32 Å². The summed E-state index contributed by atoms with van der Waals surface area (Å²) in [5.41, 5.74) is 2.16. The summed E-state index contributed by atoms with van der Waals surface area (Å²) in [4.78, 5) is 13.3. The number of amides is 1. The van der Waals surface area contributed by atoms with Crippen molar-refractivity contribution in [2.45, 2.75) is 13.0 Å². The zero-order valence-electron chi connectivity index (χ0n) is 14.1. The topological polar surface area (TPSA) is 41.1 Å². The molecule has 0 bridgehead atoms. The van der Waals surface area contributed by atoms with Crippen LogP contribution in [0.1, 0.15) is 22.0 Å². The molecular weight excluding hydrogens is 354 g/mol. The van der Waals surface area contributed by atoms with Gasteiger partial charge in [0, 0.05) is 10.9 Å². The minimum Gasteiger partial charge on any atom is -0.322 e. The molecule has 0 aliphatic carbocycles. The highest BCUT2D eigenvalue weighted by molar-refractivity contribution is 7.10. The molecule has 0 aliphatic rings. The number of carbonyl (C=O) groups excluding carboxylic acids is 1. The second-order valence-corrected chi connectivity index (χ2v) is 6.89. The Labute approximate surface area is 154 Å². The first-order chi connectivity index (χ1) is 12.5.